The maximum absolute atomic E-state index is 13.8. The largest absolute Gasteiger partial charge is 0.303 e. The van der Waals surface area contributed by atoms with Crippen molar-refractivity contribution in [1.82, 2.24) is 9.80 Å². The van der Waals surface area contributed by atoms with Crippen LogP contribution in [-0.2, 0) is 0 Å². The van der Waals surface area contributed by atoms with Crippen molar-refractivity contribution >= 4 is 11.6 Å². The zero-order valence-electron chi connectivity index (χ0n) is 21.2. The molecule has 0 N–H and O–H groups in total. The molecule has 2 fully saturated rings. The SMILES string of the molecule is O=C(c1ccccc1)C(CC(CN1CCCCCC1)C(=O)c1ccccc1)CN1CCCCCC1. The fourth-order valence-electron chi connectivity index (χ4n) is 5.81. The normalized spacial score (nSPS) is 19.9. The highest BCUT2D eigenvalue weighted by atomic mass is 16.1. The van der Waals surface area contributed by atoms with Crippen LogP contribution in [0, 0.1) is 11.8 Å². The Morgan fingerprint density at radius 2 is 0.886 bits per heavy atom. The van der Waals surface area contributed by atoms with Crippen LogP contribution < -0.4 is 0 Å². The van der Waals surface area contributed by atoms with Gasteiger partial charge in [-0.1, -0.05) is 86.3 Å². The standard InChI is InChI=1S/C31H42N2O2/c34-30(26-15-7-5-8-16-26)28(24-32-19-11-1-2-12-20-32)23-29(25-33-21-13-3-4-14-22-33)31(35)27-17-9-6-10-18-27/h5-10,15-18,28-29H,1-4,11-14,19-25H2. The number of carbonyl (C=O) groups excluding carboxylic acids is 2. The molecule has 0 spiro atoms. The topological polar surface area (TPSA) is 40.6 Å². The second-order valence-electron chi connectivity index (χ2n) is 10.5. The molecule has 4 heteroatoms. The monoisotopic (exact) mass is 474 g/mol. The third-order valence-electron chi connectivity index (χ3n) is 7.78. The molecule has 2 heterocycles. The summed E-state index contributed by atoms with van der Waals surface area (Å²) >= 11 is 0. The van der Waals surface area contributed by atoms with E-state index in [1.165, 1.54) is 51.4 Å². The van der Waals surface area contributed by atoms with E-state index in [9.17, 15) is 9.59 Å². The molecule has 0 aromatic heterocycles. The Labute approximate surface area is 211 Å². The molecule has 2 saturated heterocycles. The Bertz CT molecular complexity index is 823. The number of ketones is 2. The van der Waals surface area contributed by atoms with Crippen LogP contribution in [0.25, 0.3) is 0 Å². The highest BCUT2D eigenvalue weighted by Gasteiger charge is 2.31. The number of benzene rings is 2. The van der Waals surface area contributed by atoms with Crippen molar-refractivity contribution in [3.63, 3.8) is 0 Å². The maximum Gasteiger partial charge on any atom is 0.167 e. The third kappa shape index (κ3) is 7.85. The summed E-state index contributed by atoms with van der Waals surface area (Å²) in [5, 5.41) is 0. The molecule has 35 heavy (non-hydrogen) atoms. The second kappa shape index (κ2) is 13.7. The predicted molar refractivity (Wildman–Crippen MR) is 143 cm³/mol. The Kier molecular flexibility index (Phi) is 10.1. The van der Waals surface area contributed by atoms with E-state index in [1.54, 1.807) is 0 Å². The lowest BCUT2D eigenvalue weighted by atomic mass is 9.83. The number of hydrogen-bond donors (Lipinski definition) is 0. The van der Waals surface area contributed by atoms with E-state index < -0.39 is 0 Å². The first kappa shape index (κ1) is 25.8. The van der Waals surface area contributed by atoms with E-state index in [4.69, 9.17) is 0 Å². The van der Waals surface area contributed by atoms with E-state index in [1.807, 2.05) is 60.7 Å². The summed E-state index contributed by atoms with van der Waals surface area (Å²) in [5.41, 5.74) is 1.54. The smallest absolute Gasteiger partial charge is 0.167 e. The average molecular weight is 475 g/mol. The number of nitrogens with zero attached hydrogens (tertiary/aromatic N) is 2. The first-order chi connectivity index (χ1) is 17.2. The molecule has 2 unspecified atom stereocenters. The van der Waals surface area contributed by atoms with E-state index in [2.05, 4.69) is 9.80 Å². The van der Waals surface area contributed by atoms with Gasteiger partial charge in [0.2, 0.25) is 0 Å². The maximum atomic E-state index is 13.8. The third-order valence-corrected chi connectivity index (χ3v) is 7.78. The Hall–Kier alpha value is -2.30. The molecule has 2 aliphatic heterocycles. The summed E-state index contributed by atoms with van der Waals surface area (Å²) in [4.78, 5) is 32.6. The van der Waals surface area contributed by atoms with Gasteiger partial charge in [-0.05, 0) is 58.3 Å². The van der Waals surface area contributed by atoms with Crippen LogP contribution in [0.15, 0.2) is 60.7 Å². The minimum absolute atomic E-state index is 0.167. The van der Waals surface area contributed by atoms with Crippen molar-refractivity contribution in [2.24, 2.45) is 11.8 Å². The lowest BCUT2D eigenvalue weighted by Gasteiger charge is -2.31. The molecular formula is C31H42N2O2. The van der Waals surface area contributed by atoms with E-state index in [-0.39, 0.29) is 23.4 Å². The van der Waals surface area contributed by atoms with Crippen molar-refractivity contribution < 1.29 is 9.59 Å². The van der Waals surface area contributed by atoms with Gasteiger partial charge in [0.05, 0.1) is 0 Å². The first-order valence-corrected chi connectivity index (χ1v) is 13.8. The van der Waals surface area contributed by atoms with Crippen LogP contribution in [0.5, 0.6) is 0 Å². The van der Waals surface area contributed by atoms with Gasteiger partial charge in [-0.2, -0.15) is 0 Å². The van der Waals surface area contributed by atoms with Gasteiger partial charge in [0.15, 0.2) is 11.6 Å². The van der Waals surface area contributed by atoms with Gasteiger partial charge in [-0.3, -0.25) is 9.59 Å². The Balaban J connectivity index is 1.58. The van der Waals surface area contributed by atoms with Gasteiger partial charge in [-0.15, -0.1) is 0 Å². The molecule has 0 radical (unpaired) electrons. The quantitative estimate of drug-likeness (QED) is 0.389. The molecule has 0 aliphatic carbocycles. The van der Waals surface area contributed by atoms with Crippen LogP contribution >= 0.6 is 0 Å². The molecule has 2 atom stereocenters. The first-order valence-electron chi connectivity index (χ1n) is 13.8. The Morgan fingerprint density at radius 1 is 0.543 bits per heavy atom. The summed E-state index contributed by atoms with van der Waals surface area (Å²) in [6, 6.07) is 19.4. The van der Waals surface area contributed by atoms with Crippen molar-refractivity contribution in [3.8, 4) is 0 Å². The zero-order valence-corrected chi connectivity index (χ0v) is 21.2. The van der Waals surface area contributed by atoms with Gasteiger partial charge in [-0.25, -0.2) is 0 Å². The highest BCUT2D eigenvalue weighted by molar-refractivity contribution is 6.00. The molecule has 4 nitrogen and oxygen atoms in total. The average Bonchev–Trinajstić information content (AvgIpc) is 3.33. The van der Waals surface area contributed by atoms with Crippen molar-refractivity contribution in [2.45, 2.75) is 57.8 Å². The van der Waals surface area contributed by atoms with E-state index in [0.717, 1.165) is 50.4 Å². The molecule has 0 bridgehead atoms. The molecule has 2 aliphatic rings. The molecule has 0 amide bonds. The summed E-state index contributed by atoms with van der Waals surface area (Å²) in [6.07, 6.45) is 10.5. The summed E-state index contributed by atoms with van der Waals surface area (Å²) in [5.74, 6) is 0.0495. The number of Topliss-reactive ketones (excluding diaryl/α,β-unsaturated/α-hetero) is 2. The molecule has 188 valence electrons. The molecular weight excluding hydrogens is 432 g/mol. The lowest BCUT2D eigenvalue weighted by Crippen LogP contribution is -2.39. The van der Waals surface area contributed by atoms with Crippen molar-refractivity contribution in [1.29, 1.82) is 0 Å². The fraction of sp³-hybridized carbons (Fsp3) is 0.548. The number of likely N-dealkylation sites (tertiary alicyclic amines) is 2. The summed E-state index contributed by atoms with van der Waals surface area (Å²) in [7, 11) is 0. The summed E-state index contributed by atoms with van der Waals surface area (Å²) in [6.45, 7) is 5.74. The van der Waals surface area contributed by atoms with Gasteiger partial charge in [0.1, 0.15) is 0 Å². The highest BCUT2D eigenvalue weighted by Crippen LogP contribution is 2.25. The summed E-state index contributed by atoms with van der Waals surface area (Å²) < 4.78 is 0. The van der Waals surface area contributed by atoms with E-state index >= 15 is 0 Å². The van der Waals surface area contributed by atoms with Gasteiger partial charge in [0.25, 0.3) is 0 Å². The van der Waals surface area contributed by atoms with Crippen molar-refractivity contribution in [2.75, 3.05) is 39.3 Å². The van der Waals surface area contributed by atoms with Gasteiger partial charge in [0, 0.05) is 36.1 Å². The lowest BCUT2D eigenvalue weighted by molar-refractivity contribution is 0.0775. The molecule has 2 aromatic rings. The number of carbonyl (C=O) groups is 2. The molecule has 0 saturated carbocycles. The van der Waals surface area contributed by atoms with Crippen LogP contribution in [0.4, 0.5) is 0 Å². The Morgan fingerprint density at radius 3 is 1.23 bits per heavy atom. The predicted octanol–water partition coefficient (Wildman–Crippen LogP) is 6.13. The number of rotatable bonds is 10. The van der Waals surface area contributed by atoms with Crippen LogP contribution in [0.2, 0.25) is 0 Å². The second-order valence-corrected chi connectivity index (χ2v) is 10.5. The fourth-order valence-corrected chi connectivity index (χ4v) is 5.81. The zero-order chi connectivity index (χ0) is 24.3. The van der Waals surface area contributed by atoms with Crippen LogP contribution in [0.1, 0.15) is 78.5 Å². The van der Waals surface area contributed by atoms with Crippen molar-refractivity contribution in [3.05, 3.63) is 71.8 Å². The van der Waals surface area contributed by atoms with Crippen LogP contribution in [-0.4, -0.2) is 60.6 Å². The van der Waals surface area contributed by atoms with E-state index in [0.29, 0.717) is 6.42 Å². The molecule has 2 aromatic carbocycles. The minimum Gasteiger partial charge on any atom is -0.303 e. The molecule has 4 rings (SSSR count). The van der Waals surface area contributed by atoms with Gasteiger partial charge >= 0.3 is 0 Å². The van der Waals surface area contributed by atoms with Gasteiger partial charge < -0.3 is 9.80 Å². The number of hydrogen-bond acceptors (Lipinski definition) is 4. The minimum atomic E-state index is -0.167. The van der Waals surface area contributed by atoms with Crippen LogP contribution in [0.3, 0.4) is 0 Å².